The molecule has 2 rings (SSSR count). The number of nitrogens with zero attached hydrogens (tertiary/aromatic N) is 2. The van der Waals surface area contributed by atoms with Gasteiger partial charge in [0, 0.05) is 18.0 Å². The van der Waals surface area contributed by atoms with Gasteiger partial charge >= 0.3 is 0 Å². The van der Waals surface area contributed by atoms with Crippen molar-refractivity contribution in [1.82, 2.24) is 15.3 Å². The van der Waals surface area contributed by atoms with Gasteiger partial charge in [0.25, 0.3) is 0 Å². The van der Waals surface area contributed by atoms with Crippen LogP contribution in [0.5, 0.6) is 0 Å². The van der Waals surface area contributed by atoms with Crippen molar-refractivity contribution in [2.75, 3.05) is 12.3 Å². The molecule has 0 aliphatic rings. The molecule has 0 aliphatic carbocycles. The number of hydrogen-bond acceptors (Lipinski definition) is 4. The predicted octanol–water partition coefficient (Wildman–Crippen LogP) is 2.37. The number of anilines is 1. The van der Waals surface area contributed by atoms with E-state index in [4.69, 9.17) is 5.73 Å². The Morgan fingerprint density at radius 3 is 2.68 bits per heavy atom. The van der Waals surface area contributed by atoms with Gasteiger partial charge in [0.2, 0.25) is 0 Å². The van der Waals surface area contributed by atoms with Crippen LogP contribution in [0.15, 0.2) is 30.6 Å². The van der Waals surface area contributed by atoms with Crippen LogP contribution in [0.3, 0.4) is 0 Å². The Morgan fingerprint density at radius 1 is 1.21 bits per heavy atom. The fourth-order valence-corrected chi connectivity index (χ4v) is 2.13. The van der Waals surface area contributed by atoms with E-state index in [1.54, 1.807) is 6.20 Å². The Kier molecular flexibility index (Phi) is 4.12. The van der Waals surface area contributed by atoms with E-state index in [1.807, 2.05) is 19.2 Å². The van der Waals surface area contributed by atoms with Gasteiger partial charge in [-0.1, -0.05) is 6.92 Å². The minimum atomic E-state index is -0.0164. The fraction of sp³-hybridized carbons (Fsp3) is 0.333. The van der Waals surface area contributed by atoms with Crippen molar-refractivity contribution in [1.29, 1.82) is 0 Å². The number of pyridine rings is 2. The van der Waals surface area contributed by atoms with Crippen LogP contribution >= 0.6 is 0 Å². The first-order valence-corrected chi connectivity index (χ1v) is 6.49. The summed E-state index contributed by atoms with van der Waals surface area (Å²) in [6.45, 7) is 6.99. The molecule has 100 valence electrons. The minimum absolute atomic E-state index is 0.0164. The molecule has 4 heteroatoms. The summed E-state index contributed by atoms with van der Waals surface area (Å²) in [6, 6.07) is 6.12. The molecule has 0 fully saturated rings. The van der Waals surface area contributed by atoms with Crippen LogP contribution in [0.1, 0.15) is 35.3 Å². The zero-order valence-corrected chi connectivity index (χ0v) is 11.6. The normalized spacial score (nSPS) is 12.4. The van der Waals surface area contributed by atoms with Gasteiger partial charge in [-0.2, -0.15) is 0 Å². The maximum Gasteiger partial charge on any atom is 0.128 e. The van der Waals surface area contributed by atoms with E-state index < -0.39 is 0 Å². The Bertz CT molecular complexity index is 566. The summed E-state index contributed by atoms with van der Waals surface area (Å²) < 4.78 is 0. The SMILES string of the molecule is CCNC(c1cc(C)ccn1)c1cc(C)cnc1N. The van der Waals surface area contributed by atoms with E-state index in [2.05, 4.69) is 41.3 Å². The van der Waals surface area contributed by atoms with Crippen molar-refractivity contribution in [2.45, 2.75) is 26.8 Å². The lowest BCUT2D eigenvalue weighted by Crippen LogP contribution is -2.24. The largest absolute Gasteiger partial charge is 0.383 e. The van der Waals surface area contributed by atoms with Gasteiger partial charge in [0.05, 0.1) is 11.7 Å². The topological polar surface area (TPSA) is 63.8 Å². The molecule has 0 aromatic carbocycles. The van der Waals surface area contributed by atoms with Crippen LogP contribution in [0.4, 0.5) is 5.82 Å². The number of nitrogen functional groups attached to an aromatic ring is 1. The highest BCUT2D eigenvalue weighted by Gasteiger charge is 2.18. The van der Waals surface area contributed by atoms with Gasteiger partial charge in [0.15, 0.2) is 0 Å². The van der Waals surface area contributed by atoms with Crippen LogP contribution in [0.25, 0.3) is 0 Å². The van der Waals surface area contributed by atoms with Crippen LogP contribution < -0.4 is 11.1 Å². The van der Waals surface area contributed by atoms with E-state index in [1.165, 1.54) is 5.56 Å². The smallest absolute Gasteiger partial charge is 0.128 e. The highest BCUT2D eigenvalue weighted by Crippen LogP contribution is 2.25. The Balaban J connectivity index is 2.48. The van der Waals surface area contributed by atoms with E-state index in [9.17, 15) is 0 Å². The van der Waals surface area contributed by atoms with Crippen molar-refractivity contribution in [3.8, 4) is 0 Å². The first kappa shape index (κ1) is 13.5. The fourth-order valence-electron chi connectivity index (χ4n) is 2.13. The number of nitrogens with one attached hydrogen (secondary N) is 1. The van der Waals surface area contributed by atoms with Crippen LogP contribution in [-0.4, -0.2) is 16.5 Å². The first-order chi connectivity index (χ1) is 9.11. The summed E-state index contributed by atoms with van der Waals surface area (Å²) in [5, 5.41) is 3.43. The molecule has 0 saturated heterocycles. The van der Waals surface area contributed by atoms with Crippen molar-refractivity contribution >= 4 is 5.82 Å². The van der Waals surface area contributed by atoms with Gasteiger partial charge in [-0.15, -0.1) is 0 Å². The first-order valence-electron chi connectivity index (χ1n) is 6.49. The number of nitrogens with two attached hydrogens (primary N) is 1. The Hall–Kier alpha value is -1.94. The molecule has 0 radical (unpaired) electrons. The second-order valence-electron chi connectivity index (χ2n) is 4.74. The van der Waals surface area contributed by atoms with Crippen molar-refractivity contribution in [3.63, 3.8) is 0 Å². The van der Waals surface area contributed by atoms with E-state index in [-0.39, 0.29) is 6.04 Å². The summed E-state index contributed by atoms with van der Waals surface area (Å²) in [5.41, 5.74) is 10.3. The highest BCUT2D eigenvalue weighted by molar-refractivity contribution is 5.46. The van der Waals surface area contributed by atoms with Crippen LogP contribution in [0, 0.1) is 13.8 Å². The molecule has 2 aromatic rings. The van der Waals surface area contributed by atoms with Gasteiger partial charge in [-0.05, 0) is 49.7 Å². The van der Waals surface area contributed by atoms with Crippen molar-refractivity contribution < 1.29 is 0 Å². The third-order valence-electron chi connectivity index (χ3n) is 3.04. The molecule has 0 spiro atoms. The lowest BCUT2D eigenvalue weighted by Gasteiger charge is -2.19. The monoisotopic (exact) mass is 256 g/mol. The summed E-state index contributed by atoms with van der Waals surface area (Å²) in [4.78, 5) is 8.70. The average molecular weight is 256 g/mol. The van der Waals surface area contributed by atoms with E-state index >= 15 is 0 Å². The van der Waals surface area contributed by atoms with Crippen molar-refractivity contribution in [3.05, 3.63) is 53.0 Å². The summed E-state index contributed by atoms with van der Waals surface area (Å²) in [6.07, 6.45) is 3.61. The quantitative estimate of drug-likeness (QED) is 0.881. The minimum Gasteiger partial charge on any atom is -0.383 e. The maximum atomic E-state index is 6.02. The standard InChI is InChI=1S/C15H20N4/c1-4-17-14(13-8-10(2)5-6-18-13)12-7-11(3)9-19-15(12)16/h5-9,14,17H,4H2,1-3H3,(H2,16,19). The highest BCUT2D eigenvalue weighted by atomic mass is 15.0. The molecule has 3 N–H and O–H groups in total. The average Bonchev–Trinajstić information content (AvgIpc) is 2.39. The van der Waals surface area contributed by atoms with Gasteiger partial charge < -0.3 is 11.1 Å². The van der Waals surface area contributed by atoms with Crippen molar-refractivity contribution in [2.24, 2.45) is 0 Å². The summed E-state index contributed by atoms with van der Waals surface area (Å²) >= 11 is 0. The molecule has 0 amide bonds. The molecule has 1 unspecified atom stereocenters. The number of rotatable bonds is 4. The molecule has 0 bridgehead atoms. The Labute approximate surface area is 114 Å². The molecular formula is C15H20N4. The van der Waals surface area contributed by atoms with Gasteiger partial charge in [-0.25, -0.2) is 4.98 Å². The second kappa shape index (κ2) is 5.80. The lowest BCUT2D eigenvalue weighted by atomic mass is 10.0. The molecule has 19 heavy (non-hydrogen) atoms. The molecular weight excluding hydrogens is 236 g/mol. The van der Waals surface area contributed by atoms with Crippen LogP contribution in [0.2, 0.25) is 0 Å². The predicted molar refractivity (Wildman–Crippen MR) is 77.9 cm³/mol. The number of aromatic nitrogens is 2. The number of hydrogen-bond donors (Lipinski definition) is 2. The third kappa shape index (κ3) is 3.09. The molecule has 4 nitrogen and oxygen atoms in total. The van der Waals surface area contributed by atoms with Crippen LogP contribution in [-0.2, 0) is 0 Å². The molecule has 2 heterocycles. The second-order valence-corrected chi connectivity index (χ2v) is 4.74. The zero-order valence-electron chi connectivity index (χ0n) is 11.6. The third-order valence-corrected chi connectivity index (χ3v) is 3.04. The summed E-state index contributed by atoms with van der Waals surface area (Å²) in [5.74, 6) is 0.555. The molecule has 0 saturated carbocycles. The number of aryl methyl sites for hydroxylation is 2. The molecule has 1 atom stereocenters. The van der Waals surface area contributed by atoms with E-state index in [0.717, 1.165) is 23.4 Å². The lowest BCUT2D eigenvalue weighted by molar-refractivity contribution is 0.614. The van der Waals surface area contributed by atoms with E-state index in [0.29, 0.717) is 5.82 Å². The van der Waals surface area contributed by atoms with Gasteiger partial charge in [-0.3, -0.25) is 4.98 Å². The maximum absolute atomic E-state index is 6.02. The Morgan fingerprint density at radius 2 is 2.00 bits per heavy atom. The zero-order chi connectivity index (χ0) is 13.8. The molecule has 2 aromatic heterocycles. The summed E-state index contributed by atoms with van der Waals surface area (Å²) in [7, 11) is 0. The van der Waals surface area contributed by atoms with Gasteiger partial charge in [0.1, 0.15) is 5.82 Å². The molecule has 0 aliphatic heterocycles.